The predicted molar refractivity (Wildman–Crippen MR) is 74.6 cm³/mol. The summed E-state index contributed by atoms with van der Waals surface area (Å²) in [6, 6.07) is 3.36. The molecule has 1 unspecified atom stereocenters. The highest BCUT2D eigenvalue weighted by molar-refractivity contribution is 8.00. The van der Waals surface area contributed by atoms with Gasteiger partial charge in [-0.3, -0.25) is 9.59 Å². The first-order chi connectivity index (χ1) is 8.40. The number of halogens is 1. The zero-order chi connectivity index (χ0) is 13.4. The van der Waals surface area contributed by atoms with Crippen LogP contribution in [0.2, 0.25) is 5.02 Å². The number of benzene rings is 1. The van der Waals surface area contributed by atoms with Crippen LogP contribution < -0.4 is 5.32 Å². The van der Waals surface area contributed by atoms with Gasteiger partial charge in [-0.05, 0) is 18.1 Å². The van der Waals surface area contributed by atoms with Crippen molar-refractivity contribution in [2.75, 3.05) is 5.32 Å². The van der Waals surface area contributed by atoms with E-state index in [0.717, 1.165) is 4.90 Å². The number of thioether (sulfide) groups is 1. The minimum Gasteiger partial charge on any atom is -0.318 e. The Morgan fingerprint density at radius 1 is 1.22 bits per heavy atom. The lowest BCUT2D eigenvalue weighted by atomic mass is 10.1. The highest BCUT2D eigenvalue weighted by Gasteiger charge is 2.29. The average molecular weight is 284 g/mol. The van der Waals surface area contributed by atoms with Gasteiger partial charge in [0, 0.05) is 10.1 Å². The van der Waals surface area contributed by atoms with Crippen molar-refractivity contribution in [1.29, 1.82) is 0 Å². The molecule has 0 radical (unpaired) electrons. The molecule has 5 heteroatoms. The molecule has 1 atom stereocenters. The molecule has 18 heavy (non-hydrogen) atoms. The molecule has 2 rings (SSSR count). The lowest BCUT2D eigenvalue weighted by Crippen LogP contribution is -2.12. The Morgan fingerprint density at radius 2 is 1.89 bits per heavy atom. The van der Waals surface area contributed by atoms with Gasteiger partial charge in [0.1, 0.15) is 0 Å². The fourth-order valence-corrected chi connectivity index (χ4v) is 2.90. The summed E-state index contributed by atoms with van der Waals surface area (Å²) in [5.41, 5.74) is 0.930. The van der Waals surface area contributed by atoms with Crippen LogP contribution in [0, 0.1) is 5.92 Å². The van der Waals surface area contributed by atoms with Gasteiger partial charge in [0.15, 0.2) is 0 Å². The van der Waals surface area contributed by atoms with Crippen LogP contribution in [0.25, 0.3) is 0 Å². The number of Topliss-reactive ketones (excluding diaryl/α,β-unsaturated/α-hetero) is 1. The van der Waals surface area contributed by atoms with Crippen molar-refractivity contribution in [1.82, 2.24) is 0 Å². The normalized spacial score (nSPS) is 15.8. The summed E-state index contributed by atoms with van der Waals surface area (Å²) in [5.74, 6) is -0.573. The largest absolute Gasteiger partial charge is 0.318 e. The highest BCUT2D eigenvalue weighted by atomic mass is 35.5. The van der Waals surface area contributed by atoms with Gasteiger partial charge in [0.2, 0.25) is 0 Å². The van der Waals surface area contributed by atoms with Crippen molar-refractivity contribution in [3.05, 3.63) is 22.7 Å². The second-order valence-corrected chi connectivity index (χ2v) is 6.50. The van der Waals surface area contributed by atoms with E-state index in [-0.39, 0.29) is 0 Å². The number of amides is 1. The monoisotopic (exact) mass is 283 g/mol. The highest BCUT2D eigenvalue weighted by Crippen LogP contribution is 2.38. The molecular formula is C13H14ClNO2S. The molecule has 1 aliphatic heterocycles. The van der Waals surface area contributed by atoms with Gasteiger partial charge >= 0.3 is 0 Å². The van der Waals surface area contributed by atoms with Gasteiger partial charge in [-0.15, -0.1) is 11.8 Å². The molecule has 0 saturated carbocycles. The molecule has 1 aliphatic rings. The quantitative estimate of drug-likeness (QED) is 0.681. The molecule has 1 heterocycles. The van der Waals surface area contributed by atoms with E-state index in [0.29, 0.717) is 27.4 Å². The van der Waals surface area contributed by atoms with Gasteiger partial charge in [0.25, 0.3) is 11.7 Å². The van der Waals surface area contributed by atoms with Gasteiger partial charge < -0.3 is 5.32 Å². The zero-order valence-electron chi connectivity index (χ0n) is 10.4. The second-order valence-electron chi connectivity index (χ2n) is 4.68. The van der Waals surface area contributed by atoms with Crippen LogP contribution in [0.15, 0.2) is 17.0 Å². The van der Waals surface area contributed by atoms with Crippen LogP contribution in [-0.4, -0.2) is 16.9 Å². The SMILES string of the molecule is CC(C)C(C)Sc1cc2c(cc1Cl)C(=O)C(=O)N2. The van der Waals surface area contributed by atoms with Gasteiger partial charge in [-0.2, -0.15) is 0 Å². The van der Waals surface area contributed by atoms with Crippen molar-refractivity contribution in [3.63, 3.8) is 0 Å². The first-order valence-electron chi connectivity index (χ1n) is 5.76. The Bertz CT molecular complexity index is 528. The van der Waals surface area contributed by atoms with Crippen LogP contribution in [0.4, 0.5) is 5.69 Å². The lowest BCUT2D eigenvalue weighted by Gasteiger charge is -2.16. The molecule has 1 aromatic carbocycles. The number of rotatable bonds is 3. The third-order valence-corrected chi connectivity index (χ3v) is 4.96. The number of carbonyl (C=O) groups excluding carboxylic acids is 2. The van der Waals surface area contributed by atoms with E-state index in [1.807, 2.05) is 0 Å². The number of hydrogen-bond acceptors (Lipinski definition) is 3. The summed E-state index contributed by atoms with van der Waals surface area (Å²) in [4.78, 5) is 23.7. The third-order valence-electron chi connectivity index (χ3n) is 3.02. The number of anilines is 1. The summed E-state index contributed by atoms with van der Waals surface area (Å²) in [7, 11) is 0. The Balaban J connectivity index is 2.33. The Labute approximate surface area is 115 Å². The minimum absolute atomic E-state index is 0.367. The van der Waals surface area contributed by atoms with Gasteiger partial charge in [-0.25, -0.2) is 0 Å². The van der Waals surface area contributed by atoms with Crippen molar-refractivity contribution in [3.8, 4) is 0 Å². The van der Waals surface area contributed by atoms with Crippen molar-refractivity contribution in [2.45, 2.75) is 30.9 Å². The van der Waals surface area contributed by atoms with Gasteiger partial charge in [0.05, 0.1) is 16.3 Å². The number of carbonyl (C=O) groups is 2. The maximum absolute atomic E-state index is 11.5. The first kappa shape index (κ1) is 13.4. The molecule has 0 saturated heterocycles. The molecule has 0 spiro atoms. The van der Waals surface area contributed by atoms with Crippen molar-refractivity contribution in [2.24, 2.45) is 5.92 Å². The fourth-order valence-electron chi connectivity index (χ4n) is 1.57. The molecule has 3 nitrogen and oxygen atoms in total. The Hall–Kier alpha value is -1.00. The van der Waals surface area contributed by atoms with E-state index in [1.54, 1.807) is 23.9 Å². The topological polar surface area (TPSA) is 46.2 Å². The van der Waals surface area contributed by atoms with E-state index in [1.165, 1.54) is 0 Å². The molecule has 1 amide bonds. The molecule has 0 fully saturated rings. The number of nitrogens with one attached hydrogen (secondary N) is 1. The van der Waals surface area contributed by atoms with E-state index in [9.17, 15) is 9.59 Å². The smallest absolute Gasteiger partial charge is 0.296 e. The van der Waals surface area contributed by atoms with Crippen LogP contribution in [0.1, 0.15) is 31.1 Å². The standard InChI is InChI=1S/C13H14ClNO2S/c1-6(2)7(3)18-11-5-10-8(4-9(11)14)12(16)13(17)15-10/h4-7H,1-3H3,(H,15,16,17). The Morgan fingerprint density at radius 3 is 2.50 bits per heavy atom. The van der Waals surface area contributed by atoms with E-state index >= 15 is 0 Å². The van der Waals surface area contributed by atoms with E-state index in [4.69, 9.17) is 11.6 Å². The first-order valence-corrected chi connectivity index (χ1v) is 7.01. The predicted octanol–water partition coefficient (Wildman–Crippen LogP) is 3.61. The van der Waals surface area contributed by atoms with Crippen molar-refractivity contribution < 1.29 is 9.59 Å². The molecular weight excluding hydrogens is 270 g/mol. The van der Waals surface area contributed by atoms with E-state index < -0.39 is 11.7 Å². The zero-order valence-corrected chi connectivity index (χ0v) is 12.0. The van der Waals surface area contributed by atoms with Crippen molar-refractivity contribution >= 4 is 40.7 Å². The molecule has 0 bridgehead atoms. The number of hydrogen-bond donors (Lipinski definition) is 1. The van der Waals surface area contributed by atoms with Crippen LogP contribution in [-0.2, 0) is 4.79 Å². The molecule has 1 N–H and O–H groups in total. The summed E-state index contributed by atoms with van der Waals surface area (Å²) < 4.78 is 0. The molecule has 1 aromatic rings. The number of fused-ring (bicyclic) bond motifs is 1. The fraction of sp³-hybridized carbons (Fsp3) is 0.385. The van der Waals surface area contributed by atoms with Crippen LogP contribution in [0.3, 0.4) is 0 Å². The van der Waals surface area contributed by atoms with Crippen LogP contribution >= 0.6 is 23.4 Å². The van der Waals surface area contributed by atoms with E-state index in [2.05, 4.69) is 26.1 Å². The number of ketones is 1. The second kappa shape index (κ2) is 4.94. The minimum atomic E-state index is -0.583. The molecule has 0 aromatic heterocycles. The Kier molecular flexibility index (Phi) is 3.69. The summed E-state index contributed by atoms with van der Waals surface area (Å²) in [6.45, 7) is 6.41. The average Bonchev–Trinajstić information content (AvgIpc) is 2.56. The van der Waals surface area contributed by atoms with Gasteiger partial charge in [-0.1, -0.05) is 32.4 Å². The third kappa shape index (κ3) is 2.40. The summed E-state index contributed by atoms with van der Waals surface area (Å²) in [5, 5.41) is 3.49. The lowest BCUT2D eigenvalue weighted by molar-refractivity contribution is -0.112. The maximum Gasteiger partial charge on any atom is 0.296 e. The van der Waals surface area contributed by atoms with Crippen LogP contribution in [0.5, 0.6) is 0 Å². The summed E-state index contributed by atoms with van der Waals surface area (Å²) >= 11 is 7.81. The molecule has 96 valence electrons. The summed E-state index contributed by atoms with van der Waals surface area (Å²) in [6.07, 6.45) is 0. The molecule has 0 aliphatic carbocycles. The maximum atomic E-state index is 11.5.